The number of nitrogens with zero attached hydrogens (tertiary/aromatic N) is 4. The van der Waals surface area contributed by atoms with Gasteiger partial charge in [-0.15, -0.1) is 24.0 Å². The van der Waals surface area contributed by atoms with E-state index in [0.717, 1.165) is 71.3 Å². The van der Waals surface area contributed by atoms with Crippen LogP contribution < -0.4 is 5.32 Å². The maximum atomic E-state index is 12.7. The summed E-state index contributed by atoms with van der Waals surface area (Å²) in [6.45, 7) is 12.5. The minimum Gasteiger partial charge on any atom is -0.379 e. The van der Waals surface area contributed by atoms with Crippen LogP contribution >= 0.6 is 24.0 Å². The summed E-state index contributed by atoms with van der Waals surface area (Å²) in [5.74, 6) is 1.39. The molecule has 0 aromatic rings. The lowest BCUT2D eigenvalue weighted by Gasteiger charge is -2.39. The van der Waals surface area contributed by atoms with Gasteiger partial charge in [0.2, 0.25) is 5.91 Å². The van der Waals surface area contributed by atoms with Gasteiger partial charge in [0.1, 0.15) is 0 Å². The van der Waals surface area contributed by atoms with Crippen LogP contribution in [0.5, 0.6) is 0 Å². The predicted octanol–water partition coefficient (Wildman–Crippen LogP) is 0.860. The van der Waals surface area contributed by atoms with Crippen LogP contribution in [-0.2, 0) is 14.3 Å². The van der Waals surface area contributed by atoms with Gasteiger partial charge >= 0.3 is 0 Å². The summed E-state index contributed by atoms with van der Waals surface area (Å²) in [5.41, 5.74) is 0. The summed E-state index contributed by atoms with van der Waals surface area (Å²) in [5, 5.41) is 3.55. The highest BCUT2D eigenvalue weighted by Gasteiger charge is 2.30. The topological polar surface area (TPSA) is 69.6 Å². The third-order valence-electron chi connectivity index (χ3n) is 6.22. The number of ether oxygens (including phenoxy) is 2. The molecule has 3 aliphatic rings. The molecule has 3 saturated heterocycles. The quantitative estimate of drug-likeness (QED) is 0.335. The number of carbonyl (C=O) groups excluding carboxylic acids is 1. The summed E-state index contributed by atoms with van der Waals surface area (Å²) in [6, 6.07) is 0.880. The minimum absolute atomic E-state index is 0. The molecule has 0 spiro atoms. The molecular formula is C20H38IN5O3. The SMILES string of the molecule is CN=C(NCC(C)N1CCOCC1C)N1CCC(C(=O)N2CCOCC2)CC1.I. The number of guanidine groups is 1. The molecule has 0 aliphatic carbocycles. The smallest absolute Gasteiger partial charge is 0.225 e. The van der Waals surface area contributed by atoms with Crippen LogP contribution in [0.15, 0.2) is 4.99 Å². The zero-order chi connectivity index (χ0) is 19.9. The number of halogens is 1. The van der Waals surface area contributed by atoms with Crippen LogP contribution in [0, 0.1) is 5.92 Å². The van der Waals surface area contributed by atoms with Gasteiger partial charge < -0.3 is 24.6 Å². The summed E-state index contributed by atoms with van der Waals surface area (Å²) < 4.78 is 10.9. The van der Waals surface area contributed by atoms with E-state index >= 15 is 0 Å². The van der Waals surface area contributed by atoms with Crippen molar-refractivity contribution in [2.45, 2.75) is 38.8 Å². The van der Waals surface area contributed by atoms with Gasteiger partial charge in [-0.25, -0.2) is 0 Å². The van der Waals surface area contributed by atoms with E-state index < -0.39 is 0 Å². The van der Waals surface area contributed by atoms with Crippen molar-refractivity contribution in [2.75, 3.05) is 72.7 Å². The molecule has 3 fully saturated rings. The van der Waals surface area contributed by atoms with Crippen LogP contribution in [0.25, 0.3) is 0 Å². The molecular weight excluding hydrogens is 485 g/mol. The van der Waals surface area contributed by atoms with Crippen LogP contribution in [0.2, 0.25) is 0 Å². The van der Waals surface area contributed by atoms with Crippen LogP contribution in [0.4, 0.5) is 0 Å². The fourth-order valence-electron chi connectivity index (χ4n) is 4.46. The van der Waals surface area contributed by atoms with Gasteiger partial charge in [0, 0.05) is 64.3 Å². The lowest BCUT2D eigenvalue weighted by Crippen LogP contribution is -2.54. The molecule has 3 heterocycles. The molecule has 0 aromatic carbocycles. The number of hydrogen-bond acceptors (Lipinski definition) is 5. The van der Waals surface area contributed by atoms with Gasteiger partial charge in [-0.3, -0.25) is 14.7 Å². The first-order chi connectivity index (χ1) is 13.6. The van der Waals surface area contributed by atoms with Crippen molar-refractivity contribution >= 4 is 35.8 Å². The van der Waals surface area contributed by atoms with Crippen molar-refractivity contribution in [2.24, 2.45) is 10.9 Å². The van der Waals surface area contributed by atoms with Crippen LogP contribution in [0.3, 0.4) is 0 Å². The van der Waals surface area contributed by atoms with Crippen LogP contribution in [-0.4, -0.2) is 111 Å². The normalized spacial score (nSPS) is 26.0. The molecule has 2 atom stereocenters. The summed E-state index contributed by atoms with van der Waals surface area (Å²) in [6.07, 6.45) is 1.79. The number of aliphatic imine (C=N–C) groups is 1. The fourth-order valence-corrected chi connectivity index (χ4v) is 4.46. The largest absolute Gasteiger partial charge is 0.379 e. The molecule has 29 heavy (non-hydrogen) atoms. The predicted molar refractivity (Wildman–Crippen MR) is 125 cm³/mol. The number of morpholine rings is 2. The molecule has 3 aliphatic heterocycles. The van der Waals surface area contributed by atoms with Crippen molar-refractivity contribution in [1.82, 2.24) is 20.0 Å². The average Bonchev–Trinajstić information content (AvgIpc) is 2.75. The first kappa shape index (κ1) is 24.6. The molecule has 0 bridgehead atoms. The van der Waals surface area contributed by atoms with Crippen molar-refractivity contribution in [3.05, 3.63) is 0 Å². The van der Waals surface area contributed by atoms with Gasteiger partial charge in [0.05, 0.1) is 26.4 Å². The average molecular weight is 523 g/mol. The fraction of sp³-hybridized carbons (Fsp3) is 0.900. The van der Waals surface area contributed by atoms with E-state index in [4.69, 9.17) is 9.47 Å². The van der Waals surface area contributed by atoms with E-state index in [1.165, 1.54) is 0 Å². The summed E-state index contributed by atoms with van der Waals surface area (Å²) >= 11 is 0. The summed E-state index contributed by atoms with van der Waals surface area (Å²) in [7, 11) is 1.84. The molecule has 8 nitrogen and oxygen atoms in total. The van der Waals surface area contributed by atoms with Gasteiger partial charge in [-0.1, -0.05) is 0 Å². The molecule has 9 heteroatoms. The lowest BCUT2D eigenvalue weighted by atomic mass is 9.95. The minimum atomic E-state index is 0. The highest BCUT2D eigenvalue weighted by atomic mass is 127. The molecule has 0 aromatic heterocycles. The summed E-state index contributed by atoms with van der Waals surface area (Å²) in [4.78, 5) is 24.0. The van der Waals surface area contributed by atoms with E-state index in [9.17, 15) is 4.79 Å². The number of piperidine rings is 1. The van der Waals surface area contributed by atoms with E-state index in [1.807, 2.05) is 11.9 Å². The van der Waals surface area contributed by atoms with Gasteiger partial charge in [0.25, 0.3) is 0 Å². The van der Waals surface area contributed by atoms with E-state index in [-0.39, 0.29) is 29.9 Å². The number of hydrogen-bond donors (Lipinski definition) is 1. The van der Waals surface area contributed by atoms with Crippen molar-refractivity contribution in [3.8, 4) is 0 Å². The van der Waals surface area contributed by atoms with Crippen molar-refractivity contribution in [1.29, 1.82) is 0 Å². The molecule has 2 unspecified atom stereocenters. The van der Waals surface area contributed by atoms with E-state index in [1.54, 1.807) is 0 Å². The number of nitrogens with one attached hydrogen (secondary N) is 1. The standard InChI is InChI=1S/C20H37N5O3.HI/c1-16(25-10-13-28-15-17(25)2)14-22-20(21-3)24-6-4-18(5-7-24)19(26)23-8-11-27-12-9-23;/h16-18H,4-15H2,1-3H3,(H,21,22);1H. The third-order valence-corrected chi connectivity index (χ3v) is 6.22. The van der Waals surface area contributed by atoms with Gasteiger partial charge in [-0.2, -0.15) is 0 Å². The Hall–Kier alpha value is -0.650. The second kappa shape index (κ2) is 12.3. The Balaban J connectivity index is 0.00000300. The Kier molecular flexibility index (Phi) is 10.4. The maximum absolute atomic E-state index is 12.7. The highest BCUT2D eigenvalue weighted by molar-refractivity contribution is 14.0. The number of amides is 1. The Labute approximate surface area is 192 Å². The highest BCUT2D eigenvalue weighted by Crippen LogP contribution is 2.20. The number of carbonyl (C=O) groups is 1. The van der Waals surface area contributed by atoms with Crippen LogP contribution in [0.1, 0.15) is 26.7 Å². The molecule has 3 rings (SSSR count). The lowest BCUT2D eigenvalue weighted by molar-refractivity contribution is -0.140. The zero-order valence-corrected chi connectivity index (χ0v) is 20.5. The van der Waals surface area contributed by atoms with E-state index in [2.05, 4.69) is 34.0 Å². The number of likely N-dealkylation sites (tertiary alicyclic amines) is 1. The van der Waals surface area contributed by atoms with Gasteiger partial charge in [0.15, 0.2) is 5.96 Å². The Morgan fingerprint density at radius 2 is 1.72 bits per heavy atom. The Morgan fingerprint density at radius 1 is 1.07 bits per heavy atom. The monoisotopic (exact) mass is 523 g/mol. The first-order valence-corrected chi connectivity index (χ1v) is 10.8. The maximum Gasteiger partial charge on any atom is 0.225 e. The molecule has 0 radical (unpaired) electrons. The van der Waals surface area contributed by atoms with Crippen molar-refractivity contribution in [3.63, 3.8) is 0 Å². The van der Waals surface area contributed by atoms with E-state index in [0.29, 0.717) is 31.2 Å². The molecule has 0 saturated carbocycles. The zero-order valence-electron chi connectivity index (χ0n) is 18.1. The Morgan fingerprint density at radius 3 is 2.34 bits per heavy atom. The second-order valence-electron chi connectivity index (χ2n) is 8.14. The molecule has 168 valence electrons. The number of rotatable bonds is 4. The Bertz CT molecular complexity index is 536. The van der Waals surface area contributed by atoms with Crippen molar-refractivity contribution < 1.29 is 14.3 Å². The third kappa shape index (κ3) is 6.67. The van der Waals surface area contributed by atoms with Gasteiger partial charge in [-0.05, 0) is 26.7 Å². The molecule has 1 amide bonds. The molecule has 1 N–H and O–H groups in total. The first-order valence-electron chi connectivity index (χ1n) is 10.8. The second-order valence-corrected chi connectivity index (χ2v) is 8.14.